The van der Waals surface area contributed by atoms with E-state index in [1.165, 1.54) is 0 Å². The Morgan fingerprint density at radius 2 is 1.65 bits per heavy atom. The van der Waals surface area contributed by atoms with Crippen molar-refractivity contribution in [3.05, 3.63) is 94.1 Å². The molecule has 0 aliphatic carbocycles. The molecule has 0 radical (unpaired) electrons. The van der Waals surface area contributed by atoms with Crippen LogP contribution in [-0.2, 0) is 6.61 Å². The molecule has 1 heterocycles. The first-order valence-corrected chi connectivity index (χ1v) is 8.08. The first-order valence-electron chi connectivity index (χ1n) is 7.29. The fourth-order valence-electron chi connectivity index (χ4n) is 2.27. The van der Waals surface area contributed by atoms with Gasteiger partial charge in [-0.05, 0) is 27.1 Å². The molecular formula is C19H16BrNO2. The van der Waals surface area contributed by atoms with Crippen LogP contribution in [0.15, 0.2) is 77.4 Å². The standard InChI is InChI=1S/C19H16BrNO2/c20-17-12-21-18(23-13-14-7-3-1-4-8-14)11-16(17)19(22)15-9-5-2-6-10-15/h1-12,19,22H,13H2. The molecule has 3 rings (SSSR count). The zero-order valence-corrected chi connectivity index (χ0v) is 14.0. The van der Waals surface area contributed by atoms with Crippen molar-refractivity contribution in [1.29, 1.82) is 0 Å². The Bertz CT molecular complexity index is 763. The Morgan fingerprint density at radius 1 is 1.00 bits per heavy atom. The molecule has 0 bridgehead atoms. The molecule has 2 aromatic carbocycles. The summed E-state index contributed by atoms with van der Waals surface area (Å²) < 4.78 is 6.48. The highest BCUT2D eigenvalue weighted by Crippen LogP contribution is 2.30. The molecule has 3 nitrogen and oxygen atoms in total. The summed E-state index contributed by atoms with van der Waals surface area (Å²) in [4.78, 5) is 4.25. The van der Waals surface area contributed by atoms with Crippen molar-refractivity contribution in [2.24, 2.45) is 0 Å². The largest absolute Gasteiger partial charge is 0.473 e. The van der Waals surface area contributed by atoms with E-state index in [0.29, 0.717) is 12.5 Å². The smallest absolute Gasteiger partial charge is 0.213 e. The second kappa shape index (κ2) is 7.40. The zero-order chi connectivity index (χ0) is 16.1. The lowest BCUT2D eigenvalue weighted by molar-refractivity contribution is 0.217. The van der Waals surface area contributed by atoms with Crippen LogP contribution in [0.5, 0.6) is 5.88 Å². The molecule has 0 saturated carbocycles. The zero-order valence-electron chi connectivity index (χ0n) is 12.4. The van der Waals surface area contributed by atoms with E-state index in [9.17, 15) is 5.11 Å². The maximum Gasteiger partial charge on any atom is 0.213 e. The van der Waals surface area contributed by atoms with Crippen molar-refractivity contribution in [1.82, 2.24) is 4.98 Å². The van der Waals surface area contributed by atoms with Crippen LogP contribution in [0, 0.1) is 0 Å². The molecule has 0 fully saturated rings. The normalized spacial score (nSPS) is 11.9. The topological polar surface area (TPSA) is 42.4 Å². The SMILES string of the molecule is OC(c1ccccc1)c1cc(OCc2ccccc2)ncc1Br. The third-order valence-corrected chi connectivity index (χ3v) is 4.16. The molecule has 0 aliphatic heterocycles. The van der Waals surface area contributed by atoms with Gasteiger partial charge in [-0.1, -0.05) is 60.7 Å². The van der Waals surface area contributed by atoms with E-state index < -0.39 is 6.10 Å². The highest BCUT2D eigenvalue weighted by Gasteiger charge is 2.15. The van der Waals surface area contributed by atoms with Gasteiger partial charge in [-0.15, -0.1) is 0 Å². The molecule has 1 aromatic heterocycles. The summed E-state index contributed by atoms with van der Waals surface area (Å²) in [5.74, 6) is 0.488. The quantitative estimate of drug-likeness (QED) is 0.719. The summed E-state index contributed by atoms with van der Waals surface area (Å²) in [5.41, 5.74) is 2.63. The van der Waals surface area contributed by atoms with E-state index in [-0.39, 0.29) is 0 Å². The molecule has 1 atom stereocenters. The van der Waals surface area contributed by atoms with Crippen molar-refractivity contribution in [3.8, 4) is 5.88 Å². The number of ether oxygens (including phenoxy) is 1. The van der Waals surface area contributed by atoms with E-state index in [2.05, 4.69) is 20.9 Å². The van der Waals surface area contributed by atoms with Crippen LogP contribution in [0.25, 0.3) is 0 Å². The molecule has 0 amide bonds. The predicted octanol–water partition coefficient (Wildman–Crippen LogP) is 4.50. The van der Waals surface area contributed by atoms with Gasteiger partial charge < -0.3 is 9.84 Å². The predicted molar refractivity (Wildman–Crippen MR) is 93.2 cm³/mol. The average molecular weight is 370 g/mol. The first kappa shape index (κ1) is 15.7. The number of rotatable bonds is 5. The Hall–Kier alpha value is -2.17. The molecule has 3 aromatic rings. The Morgan fingerprint density at radius 3 is 2.35 bits per heavy atom. The number of hydrogen-bond acceptors (Lipinski definition) is 3. The van der Waals surface area contributed by atoms with Crippen LogP contribution in [0.4, 0.5) is 0 Å². The minimum Gasteiger partial charge on any atom is -0.473 e. The maximum atomic E-state index is 10.6. The van der Waals surface area contributed by atoms with Crippen LogP contribution in [-0.4, -0.2) is 10.1 Å². The van der Waals surface area contributed by atoms with E-state index in [4.69, 9.17) is 4.74 Å². The fourth-order valence-corrected chi connectivity index (χ4v) is 2.70. The number of pyridine rings is 1. The number of aromatic nitrogens is 1. The third kappa shape index (κ3) is 3.97. The van der Waals surface area contributed by atoms with Crippen molar-refractivity contribution in [3.63, 3.8) is 0 Å². The number of benzene rings is 2. The van der Waals surface area contributed by atoms with Crippen LogP contribution in [0.1, 0.15) is 22.8 Å². The minimum absolute atomic E-state index is 0.441. The van der Waals surface area contributed by atoms with Crippen molar-refractivity contribution in [2.45, 2.75) is 12.7 Å². The fraction of sp³-hybridized carbons (Fsp3) is 0.105. The van der Waals surface area contributed by atoms with Crippen molar-refractivity contribution < 1.29 is 9.84 Å². The Labute approximate surface area is 143 Å². The number of nitrogens with zero attached hydrogens (tertiary/aromatic N) is 1. The van der Waals surface area contributed by atoms with Gasteiger partial charge in [0.2, 0.25) is 5.88 Å². The summed E-state index contributed by atoms with van der Waals surface area (Å²) in [5, 5.41) is 10.6. The molecule has 23 heavy (non-hydrogen) atoms. The monoisotopic (exact) mass is 369 g/mol. The molecule has 1 N–H and O–H groups in total. The Kier molecular flexibility index (Phi) is 5.05. The highest BCUT2D eigenvalue weighted by atomic mass is 79.9. The van der Waals surface area contributed by atoms with Crippen LogP contribution in [0.2, 0.25) is 0 Å². The molecular weight excluding hydrogens is 354 g/mol. The number of aliphatic hydroxyl groups excluding tert-OH is 1. The number of halogens is 1. The molecule has 0 saturated heterocycles. The van der Waals surface area contributed by atoms with E-state index >= 15 is 0 Å². The molecule has 116 valence electrons. The lowest BCUT2D eigenvalue weighted by Gasteiger charge is -2.14. The highest BCUT2D eigenvalue weighted by molar-refractivity contribution is 9.10. The van der Waals surface area contributed by atoms with Gasteiger partial charge in [0.15, 0.2) is 0 Å². The van der Waals surface area contributed by atoms with Gasteiger partial charge in [0, 0.05) is 22.3 Å². The molecule has 0 aliphatic rings. The van der Waals surface area contributed by atoms with Crippen LogP contribution >= 0.6 is 15.9 Å². The van der Waals surface area contributed by atoms with Gasteiger partial charge >= 0.3 is 0 Å². The van der Waals surface area contributed by atoms with Crippen molar-refractivity contribution in [2.75, 3.05) is 0 Å². The summed E-state index contributed by atoms with van der Waals surface area (Å²) in [6, 6.07) is 21.2. The summed E-state index contributed by atoms with van der Waals surface area (Å²) in [7, 11) is 0. The van der Waals surface area contributed by atoms with Gasteiger partial charge in [-0.25, -0.2) is 4.98 Å². The first-order chi connectivity index (χ1) is 11.2. The lowest BCUT2D eigenvalue weighted by Crippen LogP contribution is -2.03. The van der Waals surface area contributed by atoms with Crippen LogP contribution in [0.3, 0.4) is 0 Å². The van der Waals surface area contributed by atoms with E-state index in [1.54, 1.807) is 12.3 Å². The molecule has 4 heteroatoms. The Balaban J connectivity index is 1.79. The third-order valence-electron chi connectivity index (χ3n) is 3.50. The molecule has 1 unspecified atom stereocenters. The summed E-state index contributed by atoms with van der Waals surface area (Å²) in [6.07, 6.45) is 0.926. The van der Waals surface area contributed by atoms with Gasteiger partial charge in [-0.2, -0.15) is 0 Å². The number of aliphatic hydroxyl groups is 1. The average Bonchev–Trinajstić information content (AvgIpc) is 2.62. The maximum absolute atomic E-state index is 10.6. The minimum atomic E-state index is -0.729. The van der Waals surface area contributed by atoms with Gasteiger partial charge in [0.1, 0.15) is 12.7 Å². The van der Waals surface area contributed by atoms with E-state index in [1.807, 2.05) is 60.7 Å². The second-order valence-electron chi connectivity index (χ2n) is 5.13. The van der Waals surface area contributed by atoms with E-state index in [0.717, 1.165) is 21.2 Å². The van der Waals surface area contributed by atoms with Gasteiger partial charge in [0.05, 0.1) is 0 Å². The number of hydrogen-bond donors (Lipinski definition) is 1. The summed E-state index contributed by atoms with van der Waals surface area (Å²) >= 11 is 3.45. The lowest BCUT2D eigenvalue weighted by atomic mass is 10.0. The second-order valence-corrected chi connectivity index (χ2v) is 5.99. The molecule has 0 spiro atoms. The van der Waals surface area contributed by atoms with Crippen LogP contribution < -0.4 is 4.74 Å². The van der Waals surface area contributed by atoms with Gasteiger partial charge in [0.25, 0.3) is 0 Å². The van der Waals surface area contributed by atoms with Crippen molar-refractivity contribution >= 4 is 15.9 Å². The van der Waals surface area contributed by atoms with Gasteiger partial charge in [-0.3, -0.25) is 0 Å². The summed E-state index contributed by atoms with van der Waals surface area (Å²) in [6.45, 7) is 0.441.